The van der Waals surface area contributed by atoms with Gasteiger partial charge >= 0.3 is 12.2 Å². The van der Waals surface area contributed by atoms with E-state index < -0.39 is 29.7 Å². The SMILES string of the molecule is O=C1NC(c2ccccc2C(F)(F)F)C(=O)N1Cc1ccccn1. The lowest BCUT2D eigenvalue weighted by Gasteiger charge is -2.16. The lowest BCUT2D eigenvalue weighted by Crippen LogP contribution is -2.30. The Morgan fingerprint density at radius 1 is 1.08 bits per heavy atom. The number of carbonyl (C=O) groups is 2. The van der Waals surface area contributed by atoms with Crippen molar-refractivity contribution in [3.63, 3.8) is 0 Å². The summed E-state index contributed by atoms with van der Waals surface area (Å²) in [6.07, 6.45) is -3.11. The summed E-state index contributed by atoms with van der Waals surface area (Å²) in [5, 5.41) is 2.31. The van der Waals surface area contributed by atoms with Gasteiger partial charge in [0.1, 0.15) is 6.04 Å². The molecule has 5 nitrogen and oxygen atoms in total. The minimum absolute atomic E-state index is 0.101. The number of nitrogens with one attached hydrogen (secondary N) is 1. The van der Waals surface area contributed by atoms with E-state index in [0.717, 1.165) is 11.0 Å². The van der Waals surface area contributed by atoms with Crippen LogP contribution in [-0.4, -0.2) is 21.8 Å². The highest BCUT2D eigenvalue weighted by Crippen LogP contribution is 2.36. The molecule has 0 radical (unpaired) electrons. The largest absolute Gasteiger partial charge is 0.416 e. The first-order valence-corrected chi connectivity index (χ1v) is 7.06. The second-order valence-electron chi connectivity index (χ2n) is 5.21. The number of hydrogen-bond acceptors (Lipinski definition) is 3. The molecule has 3 rings (SSSR count). The standard InChI is InChI=1S/C16H12F3N3O2/c17-16(18,19)12-7-2-1-6-11(12)13-14(23)22(15(24)21-13)9-10-5-3-4-8-20-10/h1-8,13H,9H2,(H,21,24). The van der Waals surface area contributed by atoms with Crippen LogP contribution in [0, 0.1) is 0 Å². The van der Waals surface area contributed by atoms with Crippen molar-refractivity contribution in [2.45, 2.75) is 18.8 Å². The fourth-order valence-electron chi connectivity index (χ4n) is 2.54. The Kier molecular flexibility index (Phi) is 3.96. The first-order chi connectivity index (χ1) is 11.4. The number of halogens is 3. The molecule has 1 aliphatic rings. The zero-order chi connectivity index (χ0) is 17.3. The van der Waals surface area contributed by atoms with Crippen LogP contribution >= 0.6 is 0 Å². The fraction of sp³-hybridized carbons (Fsp3) is 0.188. The normalized spacial score (nSPS) is 18.0. The monoisotopic (exact) mass is 335 g/mol. The average Bonchev–Trinajstić information content (AvgIpc) is 2.83. The summed E-state index contributed by atoms with van der Waals surface area (Å²) in [6.45, 7) is -0.101. The molecule has 1 fully saturated rings. The van der Waals surface area contributed by atoms with E-state index >= 15 is 0 Å². The van der Waals surface area contributed by atoms with Crippen LogP contribution < -0.4 is 5.32 Å². The number of amides is 3. The Labute approximate surface area is 135 Å². The van der Waals surface area contributed by atoms with Gasteiger partial charge in [0.2, 0.25) is 0 Å². The maximum atomic E-state index is 13.1. The molecule has 124 valence electrons. The molecule has 3 amide bonds. The lowest BCUT2D eigenvalue weighted by molar-refractivity contribution is -0.138. The molecule has 1 unspecified atom stereocenters. The van der Waals surface area contributed by atoms with Crippen LogP contribution in [0.5, 0.6) is 0 Å². The van der Waals surface area contributed by atoms with Gasteiger partial charge in [-0.1, -0.05) is 24.3 Å². The van der Waals surface area contributed by atoms with Crippen molar-refractivity contribution in [2.75, 3.05) is 0 Å². The Morgan fingerprint density at radius 2 is 1.79 bits per heavy atom. The summed E-state index contributed by atoms with van der Waals surface area (Å²) in [7, 11) is 0. The molecule has 0 saturated carbocycles. The van der Waals surface area contributed by atoms with E-state index in [0.29, 0.717) is 5.69 Å². The topological polar surface area (TPSA) is 62.3 Å². The maximum absolute atomic E-state index is 13.1. The minimum atomic E-state index is -4.62. The number of carbonyl (C=O) groups excluding carboxylic acids is 2. The number of rotatable bonds is 3. The number of nitrogens with zero attached hydrogens (tertiary/aromatic N) is 2. The smallest absolute Gasteiger partial charge is 0.322 e. The Hall–Kier alpha value is -2.90. The fourth-order valence-corrected chi connectivity index (χ4v) is 2.54. The van der Waals surface area contributed by atoms with E-state index in [1.54, 1.807) is 18.2 Å². The van der Waals surface area contributed by atoms with Crippen molar-refractivity contribution in [1.29, 1.82) is 0 Å². The third-order valence-electron chi connectivity index (χ3n) is 3.65. The molecule has 2 aromatic rings. The summed E-state index contributed by atoms with van der Waals surface area (Å²) in [5.74, 6) is -0.734. The van der Waals surface area contributed by atoms with Gasteiger partial charge in [-0.3, -0.25) is 14.7 Å². The zero-order valence-electron chi connectivity index (χ0n) is 12.2. The number of urea groups is 1. The molecule has 2 heterocycles. The van der Waals surface area contributed by atoms with Gasteiger partial charge in [0.05, 0.1) is 17.8 Å². The summed E-state index contributed by atoms with van der Waals surface area (Å²) in [4.78, 5) is 29.3. The first-order valence-electron chi connectivity index (χ1n) is 7.06. The highest BCUT2D eigenvalue weighted by atomic mass is 19.4. The highest BCUT2D eigenvalue weighted by Gasteiger charge is 2.43. The van der Waals surface area contributed by atoms with E-state index in [1.807, 2.05) is 0 Å². The number of pyridine rings is 1. The molecule has 0 spiro atoms. The maximum Gasteiger partial charge on any atom is 0.416 e. The predicted molar refractivity (Wildman–Crippen MR) is 77.5 cm³/mol. The Balaban J connectivity index is 1.90. The third-order valence-corrected chi connectivity index (χ3v) is 3.65. The van der Waals surface area contributed by atoms with E-state index in [1.165, 1.54) is 24.4 Å². The molecule has 1 aromatic carbocycles. The van der Waals surface area contributed by atoms with Crippen LogP contribution in [0.2, 0.25) is 0 Å². The third kappa shape index (κ3) is 2.94. The van der Waals surface area contributed by atoms with Gasteiger partial charge in [-0.25, -0.2) is 4.79 Å². The van der Waals surface area contributed by atoms with Crippen molar-refractivity contribution >= 4 is 11.9 Å². The lowest BCUT2D eigenvalue weighted by atomic mass is 10.00. The van der Waals surface area contributed by atoms with Gasteiger partial charge in [-0.15, -0.1) is 0 Å². The highest BCUT2D eigenvalue weighted by molar-refractivity contribution is 6.04. The molecule has 1 aliphatic heterocycles. The zero-order valence-corrected chi connectivity index (χ0v) is 12.2. The van der Waals surface area contributed by atoms with E-state index in [4.69, 9.17) is 0 Å². The van der Waals surface area contributed by atoms with Crippen LogP contribution in [0.1, 0.15) is 22.9 Å². The van der Waals surface area contributed by atoms with Crippen LogP contribution in [0.3, 0.4) is 0 Å². The van der Waals surface area contributed by atoms with Crippen LogP contribution in [0.15, 0.2) is 48.7 Å². The van der Waals surface area contributed by atoms with E-state index in [-0.39, 0.29) is 12.1 Å². The molecule has 1 aromatic heterocycles. The predicted octanol–water partition coefficient (Wildman–Crippen LogP) is 2.89. The summed E-state index contributed by atoms with van der Waals surface area (Å²) in [5.41, 5.74) is -0.749. The molecule has 1 saturated heterocycles. The minimum Gasteiger partial charge on any atom is -0.322 e. The van der Waals surface area contributed by atoms with Gasteiger partial charge in [-0.2, -0.15) is 13.2 Å². The average molecular weight is 335 g/mol. The molecule has 1 atom stereocenters. The number of aromatic nitrogens is 1. The molecular weight excluding hydrogens is 323 g/mol. The van der Waals surface area contributed by atoms with E-state index in [2.05, 4.69) is 10.3 Å². The number of hydrogen-bond donors (Lipinski definition) is 1. The van der Waals surface area contributed by atoms with Crippen LogP contribution in [0.4, 0.5) is 18.0 Å². The van der Waals surface area contributed by atoms with Gasteiger partial charge in [0, 0.05) is 6.20 Å². The van der Waals surface area contributed by atoms with Gasteiger partial charge < -0.3 is 5.32 Å². The molecule has 0 aliphatic carbocycles. The van der Waals surface area contributed by atoms with Gasteiger partial charge in [0.15, 0.2) is 0 Å². The summed E-state index contributed by atoms with van der Waals surface area (Å²) < 4.78 is 39.4. The molecule has 0 bridgehead atoms. The second-order valence-corrected chi connectivity index (χ2v) is 5.21. The van der Waals surface area contributed by atoms with Crippen molar-refractivity contribution in [3.8, 4) is 0 Å². The molecule has 8 heteroatoms. The number of benzene rings is 1. The Bertz CT molecular complexity index is 778. The van der Waals surface area contributed by atoms with Crippen molar-refractivity contribution in [1.82, 2.24) is 15.2 Å². The number of imide groups is 1. The second kappa shape index (κ2) is 5.95. The van der Waals surface area contributed by atoms with Crippen molar-refractivity contribution in [2.24, 2.45) is 0 Å². The Morgan fingerprint density at radius 3 is 2.46 bits per heavy atom. The first kappa shape index (κ1) is 16.0. The van der Waals surface area contributed by atoms with Crippen molar-refractivity contribution in [3.05, 3.63) is 65.5 Å². The molecular formula is C16H12F3N3O2. The number of alkyl halides is 3. The van der Waals surface area contributed by atoms with Gasteiger partial charge in [-0.05, 0) is 23.8 Å². The van der Waals surface area contributed by atoms with Crippen LogP contribution in [0.25, 0.3) is 0 Å². The van der Waals surface area contributed by atoms with E-state index in [9.17, 15) is 22.8 Å². The quantitative estimate of drug-likeness (QED) is 0.878. The van der Waals surface area contributed by atoms with Crippen LogP contribution in [-0.2, 0) is 17.5 Å². The summed E-state index contributed by atoms with van der Waals surface area (Å²) >= 11 is 0. The summed E-state index contributed by atoms with van der Waals surface area (Å²) in [6, 6.07) is 7.59. The van der Waals surface area contributed by atoms with Crippen molar-refractivity contribution < 1.29 is 22.8 Å². The molecule has 24 heavy (non-hydrogen) atoms. The van der Waals surface area contributed by atoms with Gasteiger partial charge in [0.25, 0.3) is 5.91 Å². The molecule has 1 N–H and O–H groups in total.